The highest BCUT2D eigenvalue weighted by Crippen LogP contribution is 2.28. The molecular weight excluding hydrogens is 222 g/mol. The summed E-state index contributed by atoms with van der Waals surface area (Å²) in [4.78, 5) is 12.4. The van der Waals surface area contributed by atoms with Crippen LogP contribution < -0.4 is 5.32 Å². The van der Waals surface area contributed by atoms with Crippen LogP contribution in [-0.2, 0) is 17.6 Å². The lowest BCUT2D eigenvalue weighted by atomic mass is 9.77. The highest BCUT2D eigenvalue weighted by molar-refractivity contribution is 5.86. The van der Waals surface area contributed by atoms with E-state index in [1.807, 2.05) is 0 Å². The Balaban J connectivity index is 2.01. The molecule has 1 fully saturated rings. The van der Waals surface area contributed by atoms with E-state index in [-0.39, 0.29) is 5.41 Å². The van der Waals surface area contributed by atoms with Crippen molar-refractivity contribution in [1.29, 1.82) is 0 Å². The van der Waals surface area contributed by atoms with Crippen LogP contribution in [0.25, 0.3) is 0 Å². The number of aryl methyl sites for hydroxylation is 1. The second-order valence-corrected chi connectivity index (χ2v) is 5.61. The fraction of sp³-hybridized carbons (Fsp3) is 0.562. The molecule has 0 spiro atoms. The van der Waals surface area contributed by atoms with Gasteiger partial charge in [-0.15, -0.1) is 0 Å². The molecule has 1 aromatic carbocycles. The van der Waals surface area contributed by atoms with Crippen LogP contribution in [0.5, 0.6) is 0 Å². The maximum Gasteiger partial charge on any atom is 0.144 e. The summed E-state index contributed by atoms with van der Waals surface area (Å²) < 4.78 is 0. The average Bonchev–Trinajstić information content (AvgIpc) is 2.40. The molecule has 2 heteroatoms. The third-order valence-corrected chi connectivity index (χ3v) is 4.07. The van der Waals surface area contributed by atoms with Crippen LogP contribution in [0.1, 0.15) is 37.8 Å². The molecule has 1 unspecified atom stereocenters. The fourth-order valence-corrected chi connectivity index (χ4v) is 2.59. The topological polar surface area (TPSA) is 29.1 Å². The van der Waals surface area contributed by atoms with Crippen molar-refractivity contribution in [2.45, 2.75) is 39.5 Å². The first-order chi connectivity index (χ1) is 8.64. The summed E-state index contributed by atoms with van der Waals surface area (Å²) in [7, 11) is 0. The van der Waals surface area contributed by atoms with Crippen LogP contribution in [0.2, 0.25) is 0 Å². The number of hydrogen-bond acceptors (Lipinski definition) is 2. The van der Waals surface area contributed by atoms with Crippen molar-refractivity contribution >= 4 is 5.78 Å². The van der Waals surface area contributed by atoms with Crippen molar-refractivity contribution in [3.05, 3.63) is 35.4 Å². The molecule has 18 heavy (non-hydrogen) atoms. The molecule has 0 radical (unpaired) electrons. The third-order valence-electron chi connectivity index (χ3n) is 4.07. The lowest BCUT2D eigenvalue weighted by Gasteiger charge is -2.32. The van der Waals surface area contributed by atoms with Crippen LogP contribution in [0.15, 0.2) is 24.3 Å². The summed E-state index contributed by atoms with van der Waals surface area (Å²) in [5.74, 6) is 0.374. The minimum Gasteiger partial charge on any atom is -0.316 e. The molecule has 0 aliphatic carbocycles. The van der Waals surface area contributed by atoms with Crippen LogP contribution in [-0.4, -0.2) is 18.9 Å². The van der Waals surface area contributed by atoms with E-state index in [4.69, 9.17) is 0 Å². The van der Waals surface area contributed by atoms with E-state index in [0.29, 0.717) is 12.2 Å². The van der Waals surface area contributed by atoms with Gasteiger partial charge in [0.15, 0.2) is 0 Å². The molecule has 0 saturated carbocycles. The van der Waals surface area contributed by atoms with E-state index in [2.05, 4.69) is 43.4 Å². The molecule has 0 amide bonds. The van der Waals surface area contributed by atoms with Gasteiger partial charge in [-0.1, -0.05) is 38.1 Å². The van der Waals surface area contributed by atoms with Gasteiger partial charge in [-0.2, -0.15) is 0 Å². The van der Waals surface area contributed by atoms with Crippen molar-refractivity contribution in [3.8, 4) is 0 Å². The molecule has 2 nitrogen and oxygen atoms in total. The van der Waals surface area contributed by atoms with Crippen molar-refractivity contribution in [1.82, 2.24) is 5.32 Å². The third kappa shape index (κ3) is 2.99. The van der Waals surface area contributed by atoms with Crippen molar-refractivity contribution in [3.63, 3.8) is 0 Å². The summed E-state index contributed by atoms with van der Waals surface area (Å²) in [6.45, 7) is 6.13. The van der Waals surface area contributed by atoms with E-state index < -0.39 is 0 Å². The zero-order chi connectivity index (χ0) is 13.0. The number of carbonyl (C=O) groups excluding carboxylic acids is 1. The summed E-state index contributed by atoms with van der Waals surface area (Å²) in [5.41, 5.74) is 2.31. The first-order valence-electron chi connectivity index (χ1n) is 6.96. The first kappa shape index (κ1) is 13.3. The lowest BCUT2D eigenvalue weighted by Crippen LogP contribution is -2.44. The van der Waals surface area contributed by atoms with Crippen LogP contribution in [0.3, 0.4) is 0 Å². The Morgan fingerprint density at radius 3 is 2.50 bits per heavy atom. The summed E-state index contributed by atoms with van der Waals surface area (Å²) in [6, 6.07) is 8.45. The van der Waals surface area contributed by atoms with Gasteiger partial charge < -0.3 is 5.32 Å². The second kappa shape index (κ2) is 5.66. The lowest BCUT2D eigenvalue weighted by molar-refractivity contribution is -0.128. The quantitative estimate of drug-likeness (QED) is 0.883. The Labute approximate surface area is 110 Å². The van der Waals surface area contributed by atoms with Crippen molar-refractivity contribution < 1.29 is 4.79 Å². The average molecular weight is 245 g/mol. The normalized spacial score (nSPS) is 23.9. The summed E-state index contributed by atoms with van der Waals surface area (Å²) in [6.07, 6.45) is 3.75. The minimum absolute atomic E-state index is 0.165. The molecule has 1 heterocycles. The number of piperidine rings is 1. The number of rotatable bonds is 4. The Morgan fingerprint density at radius 1 is 1.28 bits per heavy atom. The van der Waals surface area contributed by atoms with Crippen molar-refractivity contribution in [2.75, 3.05) is 13.1 Å². The molecule has 1 saturated heterocycles. The van der Waals surface area contributed by atoms with E-state index in [1.54, 1.807) is 0 Å². The van der Waals surface area contributed by atoms with Gasteiger partial charge >= 0.3 is 0 Å². The Kier molecular flexibility index (Phi) is 4.18. The van der Waals surface area contributed by atoms with Gasteiger partial charge in [0.1, 0.15) is 5.78 Å². The van der Waals surface area contributed by atoms with Gasteiger partial charge in [-0.3, -0.25) is 4.79 Å². The molecule has 1 aromatic rings. The standard InChI is InChI=1S/C16H23NO/c1-3-13-5-7-14(8-6-13)11-15(18)16(2)9-4-10-17-12-16/h5-8,17H,3-4,9-12H2,1-2H3. The molecule has 1 aliphatic rings. The predicted octanol–water partition coefficient (Wildman–Crippen LogP) is 2.75. The molecule has 98 valence electrons. The van der Waals surface area contributed by atoms with Gasteiger partial charge in [-0.05, 0) is 36.9 Å². The predicted molar refractivity (Wildman–Crippen MR) is 74.7 cm³/mol. The number of benzene rings is 1. The number of carbonyl (C=O) groups is 1. The van der Waals surface area contributed by atoms with Gasteiger partial charge in [0.2, 0.25) is 0 Å². The minimum atomic E-state index is -0.165. The molecule has 1 aliphatic heterocycles. The van der Waals surface area contributed by atoms with E-state index in [1.165, 1.54) is 5.56 Å². The van der Waals surface area contributed by atoms with Crippen molar-refractivity contribution in [2.24, 2.45) is 5.41 Å². The van der Waals surface area contributed by atoms with Crippen LogP contribution in [0.4, 0.5) is 0 Å². The van der Waals surface area contributed by atoms with Gasteiger partial charge in [0.05, 0.1) is 0 Å². The first-order valence-corrected chi connectivity index (χ1v) is 6.96. The fourth-order valence-electron chi connectivity index (χ4n) is 2.59. The molecular formula is C16H23NO. The van der Waals surface area contributed by atoms with Gasteiger partial charge in [-0.25, -0.2) is 0 Å². The zero-order valence-corrected chi connectivity index (χ0v) is 11.5. The van der Waals surface area contributed by atoms with Crippen LogP contribution in [0, 0.1) is 5.41 Å². The molecule has 2 rings (SSSR count). The molecule has 0 aromatic heterocycles. The van der Waals surface area contributed by atoms with E-state index >= 15 is 0 Å². The number of ketones is 1. The highest BCUT2D eigenvalue weighted by Gasteiger charge is 2.33. The zero-order valence-electron chi connectivity index (χ0n) is 11.5. The number of Topliss-reactive ketones (excluding diaryl/α,β-unsaturated/α-hetero) is 1. The maximum atomic E-state index is 12.4. The summed E-state index contributed by atoms with van der Waals surface area (Å²) >= 11 is 0. The SMILES string of the molecule is CCc1ccc(CC(=O)C2(C)CCCNC2)cc1. The number of nitrogens with one attached hydrogen (secondary N) is 1. The highest BCUT2D eigenvalue weighted by atomic mass is 16.1. The largest absolute Gasteiger partial charge is 0.316 e. The summed E-state index contributed by atoms with van der Waals surface area (Å²) in [5, 5.41) is 3.34. The monoisotopic (exact) mass is 245 g/mol. The second-order valence-electron chi connectivity index (χ2n) is 5.61. The Hall–Kier alpha value is -1.15. The van der Waals surface area contributed by atoms with E-state index in [0.717, 1.165) is 37.9 Å². The number of hydrogen-bond donors (Lipinski definition) is 1. The van der Waals surface area contributed by atoms with Gasteiger partial charge in [0, 0.05) is 18.4 Å². The Morgan fingerprint density at radius 2 is 1.94 bits per heavy atom. The van der Waals surface area contributed by atoms with Crippen LogP contribution >= 0.6 is 0 Å². The molecule has 0 bridgehead atoms. The molecule has 1 atom stereocenters. The Bertz CT molecular complexity index is 402. The van der Waals surface area contributed by atoms with Gasteiger partial charge in [0.25, 0.3) is 0 Å². The smallest absolute Gasteiger partial charge is 0.144 e. The maximum absolute atomic E-state index is 12.4. The molecule has 1 N–H and O–H groups in total. The van der Waals surface area contributed by atoms with E-state index in [9.17, 15) is 4.79 Å².